The molecule has 2 atom stereocenters. The Morgan fingerprint density at radius 1 is 0.950 bits per heavy atom. The van der Waals surface area contributed by atoms with E-state index in [1.807, 2.05) is 35.3 Å². The Hall–Kier alpha value is -3.78. The maximum Gasteiger partial charge on any atom is 0.257 e. The summed E-state index contributed by atoms with van der Waals surface area (Å²) in [7, 11) is 0. The fourth-order valence-corrected chi connectivity index (χ4v) is 5.92. The number of benzene rings is 3. The third-order valence-corrected chi connectivity index (χ3v) is 8.18. The van der Waals surface area contributed by atoms with Gasteiger partial charge < -0.3 is 4.74 Å². The number of carbonyl (C=O) groups is 1. The van der Waals surface area contributed by atoms with Gasteiger partial charge in [-0.3, -0.25) is 15.2 Å². The number of anilines is 1. The van der Waals surface area contributed by atoms with Crippen molar-refractivity contribution in [3.05, 3.63) is 107 Å². The van der Waals surface area contributed by atoms with Gasteiger partial charge in [0.15, 0.2) is 6.30 Å². The Bertz CT molecular complexity index is 1410. The number of alkyl halides is 1. The number of allylic oxidation sites excluding steroid dienone is 1. The summed E-state index contributed by atoms with van der Waals surface area (Å²) in [5, 5.41) is 1.87. The minimum absolute atomic E-state index is 0.161. The molecule has 206 valence electrons. The highest BCUT2D eigenvalue weighted by Crippen LogP contribution is 2.46. The van der Waals surface area contributed by atoms with Crippen molar-refractivity contribution in [2.45, 2.75) is 51.0 Å². The second-order valence-electron chi connectivity index (χ2n) is 10.7. The fraction of sp³-hybridized carbons (Fsp3) is 0.303. The first kappa shape index (κ1) is 26.4. The highest BCUT2D eigenvalue weighted by molar-refractivity contribution is 6.00. The zero-order chi connectivity index (χ0) is 27.5. The Morgan fingerprint density at radius 2 is 1.73 bits per heavy atom. The Morgan fingerprint density at radius 3 is 2.40 bits per heavy atom. The third kappa shape index (κ3) is 5.32. The third-order valence-electron chi connectivity index (χ3n) is 8.18. The predicted octanol–water partition coefficient (Wildman–Crippen LogP) is 6.27. The maximum absolute atomic E-state index is 15.5. The van der Waals surface area contributed by atoms with Crippen LogP contribution in [-0.2, 0) is 9.53 Å². The lowest BCUT2D eigenvalue weighted by Gasteiger charge is -2.33. The molecule has 6 rings (SSSR count). The number of halogens is 1. The number of nitrogens with two attached hydrogens (primary N) is 1. The summed E-state index contributed by atoms with van der Waals surface area (Å²) in [6, 6.07) is 24.8. The Labute approximate surface area is 234 Å². The van der Waals surface area contributed by atoms with E-state index in [1.54, 1.807) is 6.08 Å². The lowest BCUT2D eigenvalue weighted by atomic mass is 9.73. The zero-order valence-electron chi connectivity index (χ0n) is 22.5. The zero-order valence-corrected chi connectivity index (χ0v) is 22.5. The van der Waals surface area contributed by atoms with Crippen LogP contribution in [0.2, 0.25) is 0 Å². The normalized spacial score (nSPS) is 21.6. The van der Waals surface area contributed by atoms with Crippen LogP contribution in [0.5, 0.6) is 0 Å². The molecule has 2 fully saturated rings. The van der Waals surface area contributed by atoms with Crippen LogP contribution in [0.15, 0.2) is 78.9 Å². The van der Waals surface area contributed by atoms with Gasteiger partial charge in [-0.1, -0.05) is 67.1 Å². The SMILES string of the molecule is NNC(=O)/C=C/c1ccc(/C(=C(\c2ccccc2)C2CCC2)c2ccc3c(c2)C(F)NN3C2CCCCO2)cc1. The molecule has 2 aliphatic heterocycles. The molecule has 4 N–H and O–H groups in total. The van der Waals surface area contributed by atoms with Crippen LogP contribution < -0.4 is 21.7 Å². The number of hydrogen-bond donors (Lipinski definition) is 3. The first-order valence-corrected chi connectivity index (χ1v) is 14.2. The highest BCUT2D eigenvalue weighted by Gasteiger charge is 2.35. The topological polar surface area (TPSA) is 79.6 Å². The van der Waals surface area contributed by atoms with E-state index in [0.717, 1.165) is 60.1 Å². The van der Waals surface area contributed by atoms with E-state index < -0.39 is 6.30 Å². The van der Waals surface area contributed by atoms with Gasteiger partial charge in [-0.05, 0) is 89.6 Å². The maximum atomic E-state index is 15.5. The molecule has 0 bridgehead atoms. The summed E-state index contributed by atoms with van der Waals surface area (Å²) >= 11 is 0. The quantitative estimate of drug-likeness (QED) is 0.0826. The van der Waals surface area contributed by atoms with Gasteiger partial charge in [0.1, 0.15) is 6.23 Å². The number of carbonyl (C=O) groups excluding carboxylic acids is 1. The summed E-state index contributed by atoms with van der Waals surface area (Å²) in [6.45, 7) is 0.698. The van der Waals surface area contributed by atoms with Crippen LogP contribution in [-0.4, -0.2) is 18.7 Å². The van der Waals surface area contributed by atoms with E-state index in [4.69, 9.17) is 10.6 Å². The summed E-state index contributed by atoms with van der Waals surface area (Å²) in [5.41, 5.74) is 13.1. The average molecular weight is 539 g/mol. The minimum Gasteiger partial charge on any atom is -0.357 e. The number of ether oxygens (including phenoxy) is 1. The van der Waals surface area contributed by atoms with Crippen molar-refractivity contribution in [2.75, 3.05) is 11.6 Å². The van der Waals surface area contributed by atoms with Gasteiger partial charge in [0.25, 0.3) is 5.91 Å². The molecule has 3 aliphatic rings. The fourth-order valence-electron chi connectivity index (χ4n) is 5.92. The molecule has 2 unspecified atom stereocenters. The van der Waals surface area contributed by atoms with Crippen LogP contribution in [0.3, 0.4) is 0 Å². The van der Waals surface area contributed by atoms with Gasteiger partial charge >= 0.3 is 0 Å². The molecule has 6 nitrogen and oxygen atoms in total. The van der Waals surface area contributed by atoms with Gasteiger partial charge in [0, 0.05) is 18.2 Å². The molecule has 3 aromatic carbocycles. The van der Waals surface area contributed by atoms with Gasteiger partial charge in [-0.2, -0.15) is 5.43 Å². The molecule has 40 heavy (non-hydrogen) atoms. The van der Waals surface area contributed by atoms with Gasteiger partial charge in [0.05, 0.1) is 5.69 Å². The highest BCUT2D eigenvalue weighted by atomic mass is 19.1. The van der Waals surface area contributed by atoms with Crippen LogP contribution in [0, 0.1) is 5.92 Å². The predicted molar refractivity (Wildman–Crippen MR) is 157 cm³/mol. The van der Waals surface area contributed by atoms with Crippen LogP contribution in [0.1, 0.15) is 72.6 Å². The monoisotopic (exact) mass is 538 g/mol. The minimum atomic E-state index is -1.30. The van der Waals surface area contributed by atoms with Crippen LogP contribution >= 0.6 is 0 Å². The molecule has 0 aromatic heterocycles. The number of nitrogens with zero attached hydrogens (tertiary/aromatic N) is 1. The summed E-state index contributed by atoms with van der Waals surface area (Å²) in [6.07, 6.45) is 8.14. The second-order valence-corrected chi connectivity index (χ2v) is 10.7. The number of nitrogens with one attached hydrogen (secondary N) is 2. The van der Waals surface area contributed by atoms with E-state index in [1.165, 1.54) is 23.6 Å². The molecule has 3 aromatic rings. The molecule has 1 saturated carbocycles. The van der Waals surface area contributed by atoms with Crippen molar-refractivity contribution in [1.82, 2.24) is 10.9 Å². The summed E-state index contributed by atoms with van der Waals surface area (Å²) in [5.74, 6) is 5.28. The van der Waals surface area contributed by atoms with Crippen molar-refractivity contribution in [3.63, 3.8) is 0 Å². The molecule has 7 heteroatoms. The Kier molecular flexibility index (Phi) is 7.77. The van der Waals surface area contributed by atoms with E-state index in [-0.39, 0.29) is 12.1 Å². The number of hydrazine groups is 2. The summed E-state index contributed by atoms with van der Waals surface area (Å²) in [4.78, 5) is 11.6. The van der Waals surface area contributed by atoms with Crippen LogP contribution in [0.4, 0.5) is 10.1 Å². The Balaban J connectivity index is 1.46. The number of amides is 1. The standard InChI is InChI=1S/C33H35FN4O2/c34-33-27-21-26(17-18-28(27)38(37-33)30-11-4-5-20-40-30)32(25-15-12-22(13-16-25)14-19-29(39)36-35)31(24-9-6-10-24)23-7-2-1-3-8-23/h1-3,7-8,12-19,21,24,30,33,37H,4-6,9-11,20,35H2,(H,36,39)/b19-14+,32-31-. The molecule has 0 radical (unpaired) electrons. The van der Waals surface area contributed by atoms with E-state index >= 15 is 4.39 Å². The van der Waals surface area contributed by atoms with Crippen molar-refractivity contribution in [3.8, 4) is 0 Å². The van der Waals surface area contributed by atoms with Crippen molar-refractivity contribution >= 4 is 28.8 Å². The molecule has 0 spiro atoms. The van der Waals surface area contributed by atoms with Gasteiger partial charge in [-0.25, -0.2) is 10.2 Å². The first-order chi connectivity index (χ1) is 19.6. The molecule has 1 aliphatic carbocycles. The smallest absolute Gasteiger partial charge is 0.257 e. The van der Waals surface area contributed by atoms with Gasteiger partial charge in [0.2, 0.25) is 0 Å². The molecule has 1 saturated heterocycles. The molecule has 2 heterocycles. The molecular weight excluding hydrogens is 503 g/mol. The van der Waals surface area contributed by atoms with Gasteiger partial charge in [-0.15, -0.1) is 0 Å². The van der Waals surface area contributed by atoms with Crippen molar-refractivity contribution < 1.29 is 13.9 Å². The van der Waals surface area contributed by atoms with E-state index in [9.17, 15) is 4.79 Å². The molecular formula is C33H35FN4O2. The number of fused-ring (bicyclic) bond motifs is 1. The lowest BCUT2D eigenvalue weighted by Crippen LogP contribution is -2.45. The van der Waals surface area contributed by atoms with Crippen molar-refractivity contribution in [2.24, 2.45) is 11.8 Å². The largest absolute Gasteiger partial charge is 0.357 e. The molecule has 1 amide bonds. The van der Waals surface area contributed by atoms with Crippen molar-refractivity contribution in [1.29, 1.82) is 0 Å². The second kappa shape index (κ2) is 11.8. The number of rotatable bonds is 7. The first-order valence-electron chi connectivity index (χ1n) is 14.2. The lowest BCUT2D eigenvalue weighted by molar-refractivity contribution is -0.116. The average Bonchev–Trinajstić information content (AvgIpc) is 3.31. The van der Waals surface area contributed by atoms with E-state index in [2.05, 4.69) is 53.3 Å². The number of hydrogen-bond acceptors (Lipinski definition) is 5. The van der Waals surface area contributed by atoms with Crippen LogP contribution in [0.25, 0.3) is 17.2 Å². The van der Waals surface area contributed by atoms with E-state index in [0.29, 0.717) is 18.1 Å². The summed E-state index contributed by atoms with van der Waals surface area (Å²) < 4.78 is 21.5.